The molecule has 6 heteroatoms. The molecule has 0 saturated heterocycles. The number of carbonyl (C=O) groups is 1. The van der Waals surface area contributed by atoms with Gasteiger partial charge in [0.1, 0.15) is 0 Å². The van der Waals surface area contributed by atoms with Gasteiger partial charge in [0.25, 0.3) is 0 Å². The van der Waals surface area contributed by atoms with Crippen molar-refractivity contribution in [1.82, 2.24) is 5.32 Å². The van der Waals surface area contributed by atoms with E-state index in [0.29, 0.717) is 17.1 Å². The zero-order valence-electron chi connectivity index (χ0n) is 14.6. The molecule has 0 atom stereocenters. The molecule has 2 aromatic rings. The Balaban J connectivity index is 1.83. The van der Waals surface area contributed by atoms with Crippen LogP contribution in [-0.2, 0) is 6.42 Å². The van der Waals surface area contributed by atoms with E-state index in [1.807, 2.05) is 24.3 Å². The number of nitrogens with one attached hydrogen (secondary N) is 1. The highest BCUT2D eigenvalue weighted by Gasteiger charge is 2.22. The molecule has 134 valence electrons. The van der Waals surface area contributed by atoms with Crippen molar-refractivity contribution in [3.05, 3.63) is 46.5 Å². The summed E-state index contributed by atoms with van der Waals surface area (Å²) < 4.78 is 21.6. The fourth-order valence-electron chi connectivity index (χ4n) is 3.37. The summed E-state index contributed by atoms with van der Waals surface area (Å²) in [7, 11) is 3.07. The Bertz CT molecular complexity index is 904. The van der Waals surface area contributed by atoms with E-state index in [1.54, 1.807) is 13.2 Å². The van der Waals surface area contributed by atoms with E-state index in [0.717, 1.165) is 47.6 Å². The maximum Gasteiger partial charge on any atom is 0.231 e. The second-order valence-corrected chi connectivity index (χ2v) is 6.02. The first-order chi connectivity index (χ1) is 12.7. The number of methoxy groups -OCH3 is 2. The second kappa shape index (κ2) is 6.63. The van der Waals surface area contributed by atoms with E-state index in [-0.39, 0.29) is 6.79 Å². The average Bonchev–Trinajstić information content (AvgIpc) is 3.13. The minimum absolute atomic E-state index is 0.246. The molecule has 2 aromatic carbocycles. The van der Waals surface area contributed by atoms with E-state index in [1.165, 1.54) is 12.7 Å². The summed E-state index contributed by atoms with van der Waals surface area (Å²) in [6.07, 6.45) is 3.64. The van der Waals surface area contributed by atoms with Crippen molar-refractivity contribution < 1.29 is 23.7 Å². The van der Waals surface area contributed by atoms with Crippen molar-refractivity contribution in [2.24, 2.45) is 0 Å². The van der Waals surface area contributed by atoms with Gasteiger partial charge >= 0.3 is 0 Å². The maximum atomic E-state index is 11.7. The first kappa shape index (κ1) is 16.3. The van der Waals surface area contributed by atoms with Crippen LogP contribution in [0.1, 0.15) is 27.0 Å². The first-order valence-corrected chi connectivity index (χ1v) is 8.33. The van der Waals surface area contributed by atoms with Crippen LogP contribution in [0.3, 0.4) is 0 Å². The Morgan fingerprint density at radius 2 is 1.92 bits per heavy atom. The summed E-state index contributed by atoms with van der Waals surface area (Å²) in [6, 6.07) is 7.65. The highest BCUT2D eigenvalue weighted by Crippen LogP contribution is 2.39. The van der Waals surface area contributed by atoms with Gasteiger partial charge in [0.2, 0.25) is 6.79 Å². The quantitative estimate of drug-likeness (QED) is 0.853. The molecular weight excluding hydrogens is 334 g/mol. The van der Waals surface area contributed by atoms with Gasteiger partial charge in [-0.05, 0) is 41.8 Å². The third-order valence-electron chi connectivity index (χ3n) is 4.63. The van der Waals surface area contributed by atoms with E-state index < -0.39 is 0 Å². The molecule has 4 rings (SSSR count). The van der Waals surface area contributed by atoms with Crippen LogP contribution in [-0.4, -0.2) is 33.8 Å². The molecule has 6 nitrogen and oxygen atoms in total. The van der Waals surface area contributed by atoms with Crippen LogP contribution in [0, 0.1) is 0 Å². The first-order valence-electron chi connectivity index (χ1n) is 8.33. The van der Waals surface area contributed by atoms with E-state index in [4.69, 9.17) is 18.9 Å². The number of carbonyl (C=O) groups excluding carboxylic acids is 1. The van der Waals surface area contributed by atoms with Crippen molar-refractivity contribution in [2.45, 2.75) is 6.42 Å². The number of benzene rings is 2. The van der Waals surface area contributed by atoms with Gasteiger partial charge in [-0.1, -0.05) is 6.07 Å². The summed E-state index contributed by atoms with van der Waals surface area (Å²) in [6.45, 7) is 1.05. The molecular formula is C20H19NO5. The third kappa shape index (κ3) is 2.63. The Morgan fingerprint density at radius 3 is 2.65 bits per heavy atom. The zero-order valence-corrected chi connectivity index (χ0v) is 14.6. The van der Waals surface area contributed by atoms with Gasteiger partial charge in [-0.25, -0.2) is 0 Å². The van der Waals surface area contributed by atoms with Crippen LogP contribution in [0.15, 0.2) is 24.3 Å². The minimum atomic E-state index is 0.246. The Hall–Kier alpha value is -3.15. The number of hydrogen-bond acceptors (Lipinski definition) is 6. The molecule has 2 heterocycles. The molecule has 0 bridgehead atoms. The second-order valence-electron chi connectivity index (χ2n) is 6.02. The van der Waals surface area contributed by atoms with Gasteiger partial charge in [-0.2, -0.15) is 0 Å². The predicted molar refractivity (Wildman–Crippen MR) is 97.1 cm³/mol. The summed E-state index contributed by atoms with van der Waals surface area (Å²) in [5, 5.41) is 3.41. The van der Waals surface area contributed by atoms with Gasteiger partial charge in [0.05, 0.1) is 19.8 Å². The number of ether oxygens (including phenoxy) is 4. The van der Waals surface area contributed by atoms with E-state index in [2.05, 4.69) is 5.32 Å². The van der Waals surface area contributed by atoms with Gasteiger partial charge in [0.15, 0.2) is 29.3 Å². The largest absolute Gasteiger partial charge is 0.493 e. The fourth-order valence-corrected chi connectivity index (χ4v) is 3.37. The normalized spacial score (nSPS) is 16.0. The molecule has 0 unspecified atom stereocenters. The van der Waals surface area contributed by atoms with Crippen LogP contribution in [0.25, 0.3) is 11.8 Å². The molecule has 0 amide bonds. The lowest BCUT2D eigenvalue weighted by Gasteiger charge is -2.22. The topological polar surface area (TPSA) is 66.0 Å². The number of fused-ring (bicyclic) bond motifs is 2. The number of hydrogen-bond donors (Lipinski definition) is 1. The lowest BCUT2D eigenvalue weighted by Crippen LogP contribution is -2.22. The van der Waals surface area contributed by atoms with Crippen molar-refractivity contribution in [3.8, 4) is 23.0 Å². The minimum Gasteiger partial charge on any atom is -0.493 e. The molecule has 2 aliphatic rings. The molecule has 0 aliphatic carbocycles. The summed E-state index contributed by atoms with van der Waals surface area (Å²) in [5.41, 5.74) is 4.37. The van der Waals surface area contributed by atoms with Crippen LogP contribution in [0.5, 0.6) is 23.0 Å². The highest BCUT2D eigenvalue weighted by molar-refractivity contribution is 5.93. The van der Waals surface area contributed by atoms with Crippen LogP contribution in [0.2, 0.25) is 0 Å². The smallest absolute Gasteiger partial charge is 0.231 e. The molecule has 0 saturated carbocycles. The lowest BCUT2D eigenvalue weighted by atomic mass is 9.95. The Morgan fingerprint density at radius 1 is 1.12 bits per heavy atom. The molecule has 0 fully saturated rings. The monoisotopic (exact) mass is 353 g/mol. The number of aldehydes is 1. The molecule has 0 radical (unpaired) electrons. The van der Waals surface area contributed by atoms with E-state index in [9.17, 15) is 4.79 Å². The molecule has 0 aromatic heterocycles. The Kier molecular flexibility index (Phi) is 4.16. The molecule has 26 heavy (non-hydrogen) atoms. The van der Waals surface area contributed by atoms with Crippen LogP contribution < -0.4 is 24.3 Å². The van der Waals surface area contributed by atoms with Crippen molar-refractivity contribution in [3.63, 3.8) is 0 Å². The summed E-state index contributed by atoms with van der Waals surface area (Å²) in [4.78, 5) is 11.7. The standard InChI is InChI=1S/C20H19NO5/c1-23-17-4-3-12(15(10-22)20(17)24-2)7-16-14-9-19-18(25-11-26-19)8-13(14)5-6-21-16/h3-4,7-10,21H,5-6,11H2,1-2H3. The molecule has 0 spiro atoms. The van der Waals surface area contributed by atoms with Gasteiger partial charge in [0, 0.05) is 17.8 Å². The fraction of sp³-hybridized carbons (Fsp3) is 0.250. The van der Waals surface area contributed by atoms with Crippen LogP contribution >= 0.6 is 0 Å². The van der Waals surface area contributed by atoms with Gasteiger partial charge in [-0.15, -0.1) is 0 Å². The summed E-state index contributed by atoms with van der Waals surface area (Å²) in [5.74, 6) is 2.47. The molecule has 2 aliphatic heterocycles. The zero-order chi connectivity index (χ0) is 18.1. The predicted octanol–water partition coefficient (Wildman–Crippen LogP) is 2.89. The third-order valence-corrected chi connectivity index (χ3v) is 4.63. The van der Waals surface area contributed by atoms with E-state index >= 15 is 0 Å². The Labute approximate surface area is 151 Å². The molecule has 1 N–H and O–H groups in total. The SMILES string of the molecule is COc1ccc(C=C2NCCc3cc4c(cc32)OCO4)c(C=O)c1OC. The van der Waals surface area contributed by atoms with Crippen molar-refractivity contribution >= 4 is 18.1 Å². The lowest BCUT2D eigenvalue weighted by molar-refractivity contribution is 0.111. The van der Waals surface area contributed by atoms with Crippen molar-refractivity contribution in [2.75, 3.05) is 27.6 Å². The van der Waals surface area contributed by atoms with Crippen LogP contribution in [0.4, 0.5) is 0 Å². The summed E-state index contributed by atoms with van der Waals surface area (Å²) >= 11 is 0. The van der Waals surface area contributed by atoms with Gasteiger partial charge in [-0.3, -0.25) is 4.79 Å². The maximum absolute atomic E-state index is 11.7. The number of rotatable bonds is 4. The highest BCUT2D eigenvalue weighted by atomic mass is 16.7. The van der Waals surface area contributed by atoms with Crippen molar-refractivity contribution in [1.29, 1.82) is 0 Å². The van der Waals surface area contributed by atoms with Gasteiger partial charge < -0.3 is 24.3 Å². The average molecular weight is 353 g/mol.